The number of halogens is 2. The monoisotopic (exact) mass is 347 g/mol. The van der Waals surface area contributed by atoms with Crippen molar-refractivity contribution in [2.24, 2.45) is 0 Å². The van der Waals surface area contributed by atoms with E-state index in [1.165, 1.54) is 0 Å². The van der Waals surface area contributed by atoms with Gasteiger partial charge in [-0.3, -0.25) is 0 Å². The number of aryl methyl sites for hydroxylation is 1. The third-order valence-electron chi connectivity index (χ3n) is 3.07. The van der Waals surface area contributed by atoms with Crippen LogP contribution in [-0.2, 0) is 0 Å². The lowest BCUT2D eigenvalue weighted by molar-refractivity contribution is 0.476. The number of hydrogen-bond acceptors (Lipinski definition) is 2. The molecule has 0 aliphatic carbocycles. The molecule has 0 aliphatic rings. The highest BCUT2D eigenvalue weighted by molar-refractivity contribution is 9.10. The first kappa shape index (κ1) is 13.4. The lowest BCUT2D eigenvalue weighted by atomic mass is 10.1. The minimum atomic E-state index is 0.419. The van der Waals surface area contributed by atoms with Crippen LogP contribution in [0.2, 0.25) is 5.15 Å². The van der Waals surface area contributed by atoms with E-state index in [9.17, 15) is 0 Å². The summed E-state index contributed by atoms with van der Waals surface area (Å²) in [4.78, 5) is 4.03. The Balaban J connectivity index is 2.07. The Kier molecular flexibility index (Phi) is 3.64. The molecule has 1 heterocycles. The third kappa shape index (κ3) is 2.51. The van der Waals surface area contributed by atoms with Gasteiger partial charge in [0.25, 0.3) is 0 Å². The fourth-order valence-corrected chi connectivity index (χ4v) is 2.72. The lowest BCUT2D eigenvalue weighted by Gasteiger charge is -2.12. The molecule has 0 saturated heterocycles. The van der Waals surface area contributed by atoms with Gasteiger partial charge in [0.15, 0.2) is 0 Å². The smallest absolute Gasteiger partial charge is 0.142 e. The predicted molar refractivity (Wildman–Crippen MR) is 85.7 cm³/mol. The van der Waals surface area contributed by atoms with Crippen molar-refractivity contribution < 1.29 is 4.74 Å². The zero-order chi connectivity index (χ0) is 14.1. The molecule has 0 spiro atoms. The van der Waals surface area contributed by atoms with Crippen molar-refractivity contribution in [2.45, 2.75) is 6.92 Å². The molecule has 2 aromatic carbocycles. The second-order valence-electron chi connectivity index (χ2n) is 4.47. The third-order valence-corrected chi connectivity index (χ3v) is 4.09. The van der Waals surface area contributed by atoms with Crippen LogP contribution in [0.5, 0.6) is 11.5 Å². The van der Waals surface area contributed by atoms with Crippen LogP contribution < -0.4 is 4.74 Å². The molecule has 0 N–H and O–H groups in total. The first-order valence-electron chi connectivity index (χ1n) is 6.12. The van der Waals surface area contributed by atoms with Gasteiger partial charge in [0.1, 0.15) is 16.7 Å². The number of hydrogen-bond donors (Lipinski definition) is 0. The SMILES string of the molecule is Cc1cnc(Cl)cc1Oc1ccc2ccccc2c1Br. The summed E-state index contributed by atoms with van der Waals surface area (Å²) in [7, 11) is 0. The van der Waals surface area contributed by atoms with Crippen LogP contribution >= 0.6 is 27.5 Å². The predicted octanol–water partition coefficient (Wildman–Crippen LogP) is 5.75. The van der Waals surface area contributed by atoms with Crippen LogP contribution in [0.4, 0.5) is 0 Å². The summed E-state index contributed by atoms with van der Waals surface area (Å²) < 4.78 is 6.89. The van der Waals surface area contributed by atoms with E-state index in [1.807, 2.05) is 31.2 Å². The maximum absolute atomic E-state index is 5.96. The molecule has 0 atom stereocenters. The fourth-order valence-electron chi connectivity index (χ4n) is 2.00. The molecular weight excluding hydrogens is 338 g/mol. The minimum absolute atomic E-state index is 0.419. The molecule has 20 heavy (non-hydrogen) atoms. The van der Waals surface area contributed by atoms with Crippen LogP contribution in [0.15, 0.2) is 53.1 Å². The molecule has 2 nitrogen and oxygen atoms in total. The molecule has 0 bridgehead atoms. The number of fused-ring (bicyclic) bond motifs is 1. The summed E-state index contributed by atoms with van der Waals surface area (Å²) >= 11 is 9.52. The average Bonchev–Trinajstić information content (AvgIpc) is 2.46. The highest BCUT2D eigenvalue weighted by Crippen LogP contribution is 2.36. The fraction of sp³-hybridized carbons (Fsp3) is 0.0625. The summed E-state index contributed by atoms with van der Waals surface area (Å²) in [5.74, 6) is 1.47. The molecule has 0 saturated carbocycles. The normalized spacial score (nSPS) is 10.8. The van der Waals surface area contributed by atoms with Crippen LogP contribution in [0.1, 0.15) is 5.56 Å². The Labute approximate surface area is 130 Å². The van der Waals surface area contributed by atoms with Crippen LogP contribution in [0.3, 0.4) is 0 Å². The van der Waals surface area contributed by atoms with Crippen LogP contribution in [0.25, 0.3) is 10.8 Å². The molecule has 0 radical (unpaired) electrons. The molecule has 4 heteroatoms. The maximum atomic E-state index is 5.96. The number of ether oxygens (including phenoxy) is 1. The summed E-state index contributed by atoms with van der Waals surface area (Å²) in [6, 6.07) is 13.8. The second kappa shape index (κ2) is 5.43. The standard InChI is InChI=1S/C16H11BrClNO/c1-10-9-19-15(18)8-14(10)20-13-7-6-11-4-2-3-5-12(11)16(13)17/h2-9H,1H3. The second-order valence-corrected chi connectivity index (χ2v) is 5.65. The molecule has 3 rings (SSSR count). The van der Waals surface area contributed by atoms with Crippen molar-refractivity contribution in [1.82, 2.24) is 4.98 Å². The van der Waals surface area contributed by atoms with E-state index in [0.29, 0.717) is 10.9 Å². The number of benzene rings is 2. The van der Waals surface area contributed by atoms with Crippen molar-refractivity contribution in [3.63, 3.8) is 0 Å². The number of aromatic nitrogens is 1. The summed E-state index contributed by atoms with van der Waals surface area (Å²) in [6.45, 7) is 1.94. The van der Waals surface area contributed by atoms with Crippen molar-refractivity contribution in [2.75, 3.05) is 0 Å². The van der Waals surface area contributed by atoms with Crippen molar-refractivity contribution in [1.29, 1.82) is 0 Å². The molecule has 0 aliphatic heterocycles. The molecule has 100 valence electrons. The van der Waals surface area contributed by atoms with Gasteiger partial charge in [-0.1, -0.05) is 41.9 Å². The summed E-state index contributed by atoms with van der Waals surface area (Å²) in [6.07, 6.45) is 1.70. The summed E-state index contributed by atoms with van der Waals surface area (Å²) in [5, 5.41) is 2.70. The molecule has 1 aromatic heterocycles. The van der Waals surface area contributed by atoms with Gasteiger partial charge < -0.3 is 4.74 Å². The Hall–Kier alpha value is -1.58. The largest absolute Gasteiger partial charge is 0.456 e. The van der Waals surface area contributed by atoms with Gasteiger partial charge >= 0.3 is 0 Å². The average molecular weight is 349 g/mol. The van der Waals surface area contributed by atoms with E-state index in [2.05, 4.69) is 33.0 Å². The quantitative estimate of drug-likeness (QED) is 0.550. The van der Waals surface area contributed by atoms with Gasteiger partial charge in [0, 0.05) is 17.8 Å². The van der Waals surface area contributed by atoms with Crippen molar-refractivity contribution >= 4 is 38.3 Å². The van der Waals surface area contributed by atoms with E-state index in [4.69, 9.17) is 16.3 Å². The lowest BCUT2D eigenvalue weighted by Crippen LogP contribution is -1.90. The zero-order valence-electron chi connectivity index (χ0n) is 10.7. The number of pyridine rings is 1. The van der Waals surface area contributed by atoms with Gasteiger partial charge in [-0.05, 0) is 39.7 Å². The molecule has 3 aromatic rings. The van der Waals surface area contributed by atoms with E-state index in [0.717, 1.165) is 26.6 Å². The number of nitrogens with zero attached hydrogens (tertiary/aromatic N) is 1. The van der Waals surface area contributed by atoms with E-state index >= 15 is 0 Å². The van der Waals surface area contributed by atoms with Crippen LogP contribution in [0, 0.1) is 6.92 Å². The highest BCUT2D eigenvalue weighted by atomic mass is 79.9. The van der Waals surface area contributed by atoms with Gasteiger partial charge in [-0.25, -0.2) is 4.98 Å². The summed E-state index contributed by atoms with van der Waals surface area (Å²) in [5.41, 5.74) is 0.939. The molecule has 0 unspecified atom stereocenters. The molecular formula is C16H11BrClNO. The maximum Gasteiger partial charge on any atom is 0.142 e. The van der Waals surface area contributed by atoms with E-state index < -0.39 is 0 Å². The van der Waals surface area contributed by atoms with Gasteiger partial charge in [0.2, 0.25) is 0 Å². The Bertz CT molecular complexity index is 789. The first-order chi connectivity index (χ1) is 9.65. The minimum Gasteiger partial charge on any atom is -0.456 e. The van der Waals surface area contributed by atoms with E-state index in [-0.39, 0.29) is 0 Å². The Morgan fingerprint density at radius 3 is 2.75 bits per heavy atom. The molecule has 0 amide bonds. The highest BCUT2D eigenvalue weighted by Gasteiger charge is 2.09. The van der Waals surface area contributed by atoms with Gasteiger partial charge in [-0.15, -0.1) is 0 Å². The van der Waals surface area contributed by atoms with E-state index in [1.54, 1.807) is 12.3 Å². The van der Waals surface area contributed by atoms with Gasteiger partial charge in [-0.2, -0.15) is 0 Å². The molecule has 0 fully saturated rings. The topological polar surface area (TPSA) is 22.1 Å². The Morgan fingerprint density at radius 1 is 1.10 bits per heavy atom. The first-order valence-corrected chi connectivity index (χ1v) is 7.29. The van der Waals surface area contributed by atoms with Crippen molar-refractivity contribution in [3.05, 3.63) is 63.9 Å². The van der Waals surface area contributed by atoms with Gasteiger partial charge in [0.05, 0.1) is 4.47 Å². The Morgan fingerprint density at radius 2 is 1.90 bits per heavy atom. The van der Waals surface area contributed by atoms with Crippen LogP contribution in [-0.4, -0.2) is 4.98 Å². The zero-order valence-corrected chi connectivity index (χ0v) is 13.1. The number of rotatable bonds is 2. The van der Waals surface area contributed by atoms with Crippen molar-refractivity contribution in [3.8, 4) is 11.5 Å².